The van der Waals surface area contributed by atoms with Gasteiger partial charge >= 0.3 is 0 Å². The first-order valence-corrected chi connectivity index (χ1v) is 15.1. The van der Waals surface area contributed by atoms with Crippen LogP contribution in [0, 0.1) is 5.92 Å². The quantitative estimate of drug-likeness (QED) is 0.127. The van der Waals surface area contributed by atoms with Crippen molar-refractivity contribution in [3.63, 3.8) is 0 Å². The molecule has 6 rings (SSSR count). The Morgan fingerprint density at radius 3 is 2.23 bits per heavy atom. The van der Waals surface area contributed by atoms with E-state index in [9.17, 15) is 0 Å². The van der Waals surface area contributed by atoms with E-state index in [2.05, 4.69) is 114 Å². The molecule has 0 spiro atoms. The van der Waals surface area contributed by atoms with Crippen molar-refractivity contribution in [1.82, 2.24) is 0 Å². The average molecular weight is 578 g/mol. The highest BCUT2D eigenvalue weighted by molar-refractivity contribution is 7.80. The number of nitrogens with one attached hydrogen (secondary N) is 1. The van der Waals surface area contributed by atoms with Gasteiger partial charge in [-0.25, -0.2) is 0 Å². The van der Waals surface area contributed by atoms with Gasteiger partial charge in [0.05, 0.1) is 0 Å². The molecule has 1 aliphatic carbocycles. The molecule has 1 aliphatic rings. The van der Waals surface area contributed by atoms with Crippen molar-refractivity contribution in [1.29, 1.82) is 0 Å². The zero-order valence-corrected chi connectivity index (χ0v) is 25.1. The summed E-state index contributed by atoms with van der Waals surface area (Å²) in [7, 11) is 0. The maximum absolute atomic E-state index is 6.26. The molecular formula is C39H35N3S. The van der Waals surface area contributed by atoms with Gasteiger partial charge in [0.25, 0.3) is 0 Å². The van der Waals surface area contributed by atoms with Gasteiger partial charge in [-0.15, -0.1) is 12.6 Å². The van der Waals surface area contributed by atoms with Crippen molar-refractivity contribution in [3.8, 4) is 11.1 Å². The molecule has 212 valence electrons. The number of benzene rings is 5. The number of thiol groups is 1. The molecule has 2 unspecified atom stereocenters. The van der Waals surface area contributed by atoms with Gasteiger partial charge in [-0.05, 0) is 75.6 Å². The van der Waals surface area contributed by atoms with Crippen molar-refractivity contribution in [2.24, 2.45) is 16.6 Å². The van der Waals surface area contributed by atoms with E-state index in [4.69, 9.17) is 18.4 Å². The number of anilines is 2. The van der Waals surface area contributed by atoms with Crippen molar-refractivity contribution >= 4 is 41.4 Å². The highest BCUT2D eigenvalue weighted by Gasteiger charge is 2.18. The number of nitrogens with zero attached hydrogens (tertiary/aromatic N) is 1. The fourth-order valence-electron chi connectivity index (χ4n) is 5.48. The predicted octanol–water partition coefficient (Wildman–Crippen LogP) is 9.97. The molecule has 3 nitrogen and oxygen atoms in total. The summed E-state index contributed by atoms with van der Waals surface area (Å²) in [5.41, 5.74) is 17.6. The van der Waals surface area contributed by atoms with Crippen molar-refractivity contribution in [2.45, 2.75) is 24.4 Å². The van der Waals surface area contributed by atoms with Crippen LogP contribution in [0.5, 0.6) is 0 Å². The molecule has 0 aliphatic heterocycles. The molecule has 0 amide bonds. The minimum Gasteiger partial charge on any atom is -0.355 e. The van der Waals surface area contributed by atoms with Gasteiger partial charge in [0.1, 0.15) is 6.17 Å². The van der Waals surface area contributed by atoms with Gasteiger partial charge < -0.3 is 11.1 Å². The lowest BCUT2D eigenvalue weighted by Gasteiger charge is -2.23. The monoisotopic (exact) mass is 577 g/mol. The molecule has 4 heteroatoms. The first-order valence-electron chi connectivity index (χ1n) is 14.7. The lowest BCUT2D eigenvalue weighted by atomic mass is 9.83. The molecule has 5 aromatic rings. The van der Waals surface area contributed by atoms with Crippen LogP contribution in [-0.4, -0.2) is 6.21 Å². The van der Waals surface area contributed by atoms with Crippen molar-refractivity contribution < 1.29 is 0 Å². The Morgan fingerprint density at radius 1 is 0.791 bits per heavy atom. The van der Waals surface area contributed by atoms with Gasteiger partial charge in [-0.3, -0.25) is 4.99 Å². The number of hydrogen-bond acceptors (Lipinski definition) is 4. The summed E-state index contributed by atoms with van der Waals surface area (Å²) in [4.78, 5) is 5.51. The number of rotatable bonds is 8. The second-order valence-corrected chi connectivity index (χ2v) is 11.4. The maximum atomic E-state index is 6.26. The summed E-state index contributed by atoms with van der Waals surface area (Å²) in [6.45, 7) is 2.30. The molecule has 43 heavy (non-hydrogen) atoms. The smallest absolute Gasteiger partial charge is 0.123 e. The van der Waals surface area contributed by atoms with Crippen LogP contribution in [0.15, 0.2) is 149 Å². The number of nitrogens with two attached hydrogens (primary N) is 1. The van der Waals surface area contributed by atoms with E-state index in [1.165, 1.54) is 22.3 Å². The second kappa shape index (κ2) is 13.1. The van der Waals surface area contributed by atoms with Crippen molar-refractivity contribution in [2.75, 3.05) is 5.32 Å². The van der Waals surface area contributed by atoms with Gasteiger partial charge in [-0.2, -0.15) is 0 Å². The summed E-state index contributed by atoms with van der Waals surface area (Å²) in [5.74, 6) is 0.460. The summed E-state index contributed by atoms with van der Waals surface area (Å²) in [6, 6.07) is 43.8. The summed E-state index contributed by atoms with van der Waals surface area (Å²) >= 11 is 4.74. The third kappa shape index (κ3) is 6.72. The number of aliphatic imine (C=N–C) groups is 1. The van der Waals surface area contributed by atoms with E-state index in [1.54, 1.807) is 0 Å². The summed E-state index contributed by atoms with van der Waals surface area (Å²) in [6.07, 6.45) is 7.15. The Bertz CT molecular complexity index is 1790. The van der Waals surface area contributed by atoms with Gasteiger partial charge in [0.15, 0.2) is 0 Å². The third-order valence-corrected chi connectivity index (χ3v) is 8.29. The van der Waals surface area contributed by atoms with Gasteiger partial charge in [0, 0.05) is 28.0 Å². The largest absolute Gasteiger partial charge is 0.355 e. The van der Waals surface area contributed by atoms with Crippen LogP contribution >= 0.6 is 12.6 Å². The molecule has 3 N–H and O–H groups in total. The molecule has 5 aromatic carbocycles. The number of hydrogen-bond donors (Lipinski definition) is 3. The first-order chi connectivity index (χ1) is 21.0. The summed E-state index contributed by atoms with van der Waals surface area (Å²) < 4.78 is 0. The second-order valence-electron chi connectivity index (χ2n) is 10.9. The molecule has 0 radical (unpaired) electrons. The molecule has 0 saturated heterocycles. The third-order valence-electron chi connectivity index (χ3n) is 7.90. The lowest BCUT2D eigenvalue weighted by molar-refractivity contribution is 0.761. The molecular weight excluding hydrogens is 543 g/mol. The zero-order valence-electron chi connectivity index (χ0n) is 24.2. The van der Waals surface area contributed by atoms with Crippen LogP contribution in [-0.2, 0) is 0 Å². The fraction of sp³-hybridized carbons (Fsp3) is 0.103. The Hall–Kier alpha value is -4.64. The van der Waals surface area contributed by atoms with Gasteiger partial charge in [-0.1, -0.05) is 122 Å². The Morgan fingerprint density at radius 2 is 1.49 bits per heavy atom. The highest BCUT2D eigenvalue weighted by Crippen LogP contribution is 2.40. The van der Waals surface area contributed by atoms with Crippen LogP contribution in [0.3, 0.4) is 0 Å². The highest BCUT2D eigenvalue weighted by atomic mass is 32.1. The molecule has 2 atom stereocenters. The summed E-state index contributed by atoms with van der Waals surface area (Å²) in [5, 5.41) is 3.72. The van der Waals surface area contributed by atoms with Crippen LogP contribution < -0.4 is 11.1 Å². The van der Waals surface area contributed by atoms with Gasteiger partial charge in [0.2, 0.25) is 0 Å². The Labute approximate surface area is 259 Å². The van der Waals surface area contributed by atoms with E-state index in [0.29, 0.717) is 5.92 Å². The van der Waals surface area contributed by atoms with Crippen LogP contribution in [0.2, 0.25) is 0 Å². The SMILES string of the molecule is CC1CC=C(c2ccc(-c3ccccc3S)cc2Nc2ccc(C=NC(N)c3ccccc3)cc2)C=C1c1ccccc1. The minimum atomic E-state index is -0.390. The predicted molar refractivity (Wildman–Crippen MR) is 186 cm³/mol. The molecule has 0 fully saturated rings. The van der Waals surface area contributed by atoms with E-state index in [1.807, 2.05) is 48.7 Å². The van der Waals surface area contributed by atoms with E-state index in [-0.39, 0.29) is 6.17 Å². The Balaban J connectivity index is 1.32. The van der Waals surface area contributed by atoms with E-state index < -0.39 is 0 Å². The standard InChI is InChI=1S/C39H35N3S/c1-27-16-19-31(24-36(27)29-10-4-2-5-11-29)34-23-20-32(35-14-8-9-15-38(35)43)25-37(34)42-33-21-17-28(18-22-33)26-41-39(40)30-12-6-3-7-13-30/h2-15,17-27,39,42-43H,16,40H2,1H3. The fourth-order valence-corrected chi connectivity index (χ4v) is 5.77. The minimum absolute atomic E-state index is 0.390. The molecule has 0 heterocycles. The average Bonchev–Trinajstić information content (AvgIpc) is 3.06. The zero-order chi connectivity index (χ0) is 29.6. The molecule has 0 bridgehead atoms. The van der Waals surface area contributed by atoms with E-state index >= 15 is 0 Å². The topological polar surface area (TPSA) is 50.4 Å². The van der Waals surface area contributed by atoms with Crippen LogP contribution in [0.25, 0.3) is 22.3 Å². The molecule has 0 aromatic heterocycles. The maximum Gasteiger partial charge on any atom is 0.123 e. The number of allylic oxidation sites excluding steroid dienone is 4. The molecule has 0 saturated carbocycles. The van der Waals surface area contributed by atoms with Crippen LogP contribution in [0.4, 0.5) is 11.4 Å². The Kier molecular flexibility index (Phi) is 8.69. The van der Waals surface area contributed by atoms with Crippen molar-refractivity contribution in [3.05, 3.63) is 162 Å². The normalized spacial score (nSPS) is 15.6. The lowest BCUT2D eigenvalue weighted by Crippen LogP contribution is -2.07. The first kappa shape index (κ1) is 28.5. The van der Waals surface area contributed by atoms with Crippen LogP contribution in [0.1, 0.15) is 41.8 Å². The van der Waals surface area contributed by atoms with E-state index in [0.717, 1.165) is 44.9 Å².